The molecule has 0 saturated carbocycles. The van der Waals surface area contributed by atoms with Crippen LogP contribution < -0.4 is 4.90 Å². The summed E-state index contributed by atoms with van der Waals surface area (Å²) >= 11 is 1.52. The van der Waals surface area contributed by atoms with Gasteiger partial charge in [-0.2, -0.15) is 0 Å². The molecule has 0 aromatic carbocycles. The Hall–Kier alpha value is -2.02. The van der Waals surface area contributed by atoms with Gasteiger partial charge in [-0.3, -0.25) is 0 Å². The molecule has 0 aliphatic rings. The number of aryl methyl sites for hydroxylation is 1. The number of hydrogen-bond donors (Lipinski definition) is 1. The molecule has 0 saturated heterocycles. The molecule has 0 atom stereocenters. The van der Waals surface area contributed by atoms with Gasteiger partial charge in [0.15, 0.2) is 0 Å². The molecule has 0 fully saturated rings. The van der Waals surface area contributed by atoms with Gasteiger partial charge in [-0.05, 0) is 13.0 Å². The second kappa shape index (κ2) is 5.31. The molecule has 0 aliphatic carbocycles. The average Bonchev–Trinajstić information content (AvgIpc) is 2.74. The molecule has 19 heavy (non-hydrogen) atoms. The Morgan fingerprint density at radius 2 is 2.32 bits per heavy atom. The molecule has 0 unspecified atom stereocenters. The number of halogens is 1. The van der Waals surface area contributed by atoms with Crippen LogP contribution in [-0.2, 0) is 6.54 Å². The number of nitrogens with zero attached hydrogens (tertiary/aromatic N) is 3. The quantitative estimate of drug-likeness (QED) is 0.931. The summed E-state index contributed by atoms with van der Waals surface area (Å²) < 4.78 is 13.0. The van der Waals surface area contributed by atoms with Crippen molar-refractivity contribution in [3.63, 3.8) is 0 Å². The van der Waals surface area contributed by atoms with Crippen molar-refractivity contribution in [2.45, 2.75) is 13.5 Å². The van der Waals surface area contributed by atoms with Crippen LogP contribution in [0.5, 0.6) is 0 Å². The number of aromatic carboxylic acids is 1. The number of aromatic nitrogens is 2. The maximum atomic E-state index is 13.0. The van der Waals surface area contributed by atoms with E-state index < -0.39 is 11.8 Å². The maximum Gasteiger partial charge on any atom is 0.339 e. The number of thiazole rings is 1. The van der Waals surface area contributed by atoms with E-state index in [2.05, 4.69) is 9.97 Å². The lowest BCUT2D eigenvalue weighted by atomic mass is 10.2. The van der Waals surface area contributed by atoms with Crippen molar-refractivity contribution in [1.82, 2.24) is 9.97 Å². The molecular formula is C12H12FN3O2S. The molecular weight excluding hydrogens is 269 g/mol. The third-order valence-corrected chi connectivity index (χ3v) is 3.31. The summed E-state index contributed by atoms with van der Waals surface area (Å²) in [6.07, 6.45) is 1.00. The second-order valence-electron chi connectivity index (χ2n) is 4.04. The normalized spacial score (nSPS) is 10.5. The Balaban J connectivity index is 2.28. The van der Waals surface area contributed by atoms with Gasteiger partial charge in [-0.25, -0.2) is 19.2 Å². The van der Waals surface area contributed by atoms with E-state index in [0.29, 0.717) is 6.54 Å². The average molecular weight is 281 g/mol. The highest BCUT2D eigenvalue weighted by Gasteiger charge is 2.17. The number of carbonyl (C=O) groups is 1. The van der Waals surface area contributed by atoms with E-state index in [-0.39, 0.29) is 11.4 Å². The Morgan fingerprint density at radius 1 is 1.58 bits per heavy atom. The zero-order valence-electron chi connectivity index (χ0n) is 10.4. The van der Waals surface area contributed by atoms with Crippen molar-refractivity contribution in [1.29, 1.82) is 0 Å². The third kappa shape index (κ3) is 3.05. The Bertz CT molecular complexity index is 615. The van der Waals surface area contributed by atoms with Crippen molar-refractivity contribution in [2.24, 2.45) is 0 Å². The fourth-order valence-electron chi connectivity index (χ4n) is 1.69. The zero-order valence-corrected chi connectivity index (χ0v) is 11.2. The number of anilines is 1. The van der Waals surface area contributed by atoms with E-state index in [4.69, 9.17) is 5.11 Å². The molecule has 0 aliphatic heterocycles. The van der Waals surface area contributed by atoms with E-state index >= 15 is 0 Å². The lowest BCUT2D eigenvalue weighted by Gasteiger charge is -2.18. The summed E-state index contributed by atoms with van der Waals surface area (Å²) in [4.78, 5) is 20.9. The summed E-state index contributed by atoms with van der Waals surface area (Å²) in [6, 6.07) is 0.966. The van der Waals surface area contributed by atoms with Gasteiger partial charge in [0.2, 0.25) is 0 Å². The van der Waals surface area contributed by atoms with Crippen LogP contribution in [0.15, 0.2) is 17.6 Å². The topological polar surface area (TPSA) is 66.3 Å². The Labute approximate surface area is 113 Å². The summed E-state index contributed by atoms with van der Waals surface area (Å²) in [5, 5.41) is 11.9. The molecule has 5 nitrogen and oxygen atoms in total. The predicted octanol–water partition coefficient (Wildman–Crippen LogP) is 2.32. The van der Waals surface area contributed by atoms with Crippen LogP contribution in [0.25, 0.3) is 0 Å². The van der Waals surface area contributed by atoms with Crippen molar-refractivity contribution < 1.29 is 14.3 Å². The first-order valence-electron chi connectivity index (χ1n) is 5.48. The van der Waals surface area contributed by atoms with Crippen molar-refractivity contribution >= 4 is 23.1 Å². The van der Waals surface area contributed by atoms with Gasteiger partial charge in [-0.15, -0.1) is 11.3 Å². The highest BCUT2D eigenvalue weighted by molar-refractivity contribution is 7.09. The van der Waals surface area contributed by atoms with Crippen molar-refractivity contribution in [3.05, 3.63) is 39.7 Å². The molecule has 2 aromatic rings. The lowest BCUT2D eigenvalue weighted by molar-refractivity contribution is 0.0696. The molecule has 0 spiro atoms. The van der Waals surface area contributed by atoms with E-state index in [1.54, 1.807) is 11.9 Å². The Morgan fingerprint density at radius 3 is 2.89 bits per heavy atom. The summed E-state index contributed by atoms with van der Waals surface area (Å²) in [6.45, 7) is 2.32. The minimum atomic E-state index is -1.21. The highest BCUT2D eigenvalue weighted by Crippen LogP contribution is 2.20. The van der Waals surface area contributed by atoms with E-state index in [0.717, 1.165) is 23.0 Å². The van der Waals surface area contributed by atoms with E-state index in [1.165, 1.54) is 11.3 Å². The number of hydrogen-bond acceptors (Lipinski definition) is 5. The molecule has 0 bridgehead atoms. The minimum absolute atomic E-state index is 0.158. The van der Waals surface area contributed by atoms with Crippen LogP contribution in [0.2, 0.25) is 0 Å². The second-order valence-corrected chi connectivity index (χ2v) is 5.11. The highest BCUT2D eigenvalue weighted by atomic mass is 32.1. The largest absolute Gasteiger partial charge is 0.478 e. The standard InChI is InChI=1S/C12H12FN3O2S/c1-7-15-9(6-19-7)5-16(2)11-10(12(17)18)3-8(13)4-14-11/h3-4,6H,5H2,1-2H3,(H,17,18). The number of rotatable bonds is 4. The monoisotopic (exact) mass is 281 g/mol. The summed E-state index contributed by atoms with van der Waals surface area (Å²) in [5.41, 5.74) is 0.668. The first-order chi connectivity index (χ1) is 8.97. The summed E-state index contributed by atoms with van der Waals surface area (Å²) in [5.74, 6) is -1.65. The Kier molecular flexibility index (Phi) is 3.75. The molecule has 1 N–H and O–H groups in total. The molecule has 2 rings (SSSR count). The van der Waals surface area contributed by atoms with Crippen LogP contribution in [0.3, 0.4) is 0 Å². The minimum Gasteiger partial charge on any atom is -0.478 e. The molecule has 2 heterocycles. The first-order valence-corrected chi connectivity index (χ1v) is 6.36. The van der Waals surface area contributed by atoms with E-state index in [1.807, 2.05) is 12.3 Å². The van der Waals surface area contributed by atoms with Crippen molar-refractivity contribution in [3.8, 4) is 0 Å². The summed E-state index contributed by atoms with van der Waals surface area (Å²) in [7, 11) is 1.70. The number of carboxylic acids is 1. The third-order valence-electron chi connectivity index (χ3n) is 2.49. The van der Waals surface area contributed by atoms with Crippen LogP contribution >= 0.6 is 11.3 Å². The fourth-order valence-corrected chi connectivity index (χ4v) is 2.30. The smallest absolute Gasteiger partial charge is 0.339 e. The van der Waals surface area contributed by atoms with Gasteiger partial charge < -0.3 is 10.0 Å². The number of carboxylic acid groups (broad SMARTS) is 1. The van der Waals surface area contributed by atoms with Gasteiger partial charge in [0, 0.05) is 12.4 Å². The molecule has 7 heteroatoms. The zero-order chi connectivity index (χ0) is 14.0. The first kappa shape index (κ1) is 13.4. The van der Waals surface area contributed by atoms with Gasteiger partial charge in [0.25, 0.3) is 0 Å². The van der Waals surface area contributed by atoms with Crippen LogP contribution in [0, 0.1) is 12.7 Å². The van der Waals surface area contributed by atoms with Crippen molar-refractivity contribution in [2.75, 3.05) is 11.9 Å². The maximum absolute atomic E-state index is 13.0. The van der Waals surface area contributed by atoms with Crippen LogP contribution in [-0.4, -0.2) is 28.1 Å². The SMILES string of the molecule is Cc1nc(CN(C)c2ncc(F)cc2C(=O)O)cs1. The predicted molar refractivity (Wildman–Crippen MR) is 70.1 cm³/mol. The molecule has 0 amide bonds. The van der Waals surface area contributed by atoms with Crippen LogP contribution in [0.1, 0.15) is 21.1 Å². The molecule has 100 valence electrons. The molecule has 2 aromatic heterocycles. The fraction of sp³-hybridized carbons (Fsp3) is 0.250. The van der Waals surface area contributed by atoms with Gasteiger partial charge in [-0.1, -0.05) is 0 Å². The lowest BCUT2D eigenvalue weighted by Crippen LogP contribution is -2.21. The van der Waals surface area contributed by atoms with Gasteiger partial charge >= 0.3 is 5.97 Å². The van der Waals surface area contributed by atoms with Gasteiger partial charge in [0.1, 0.15) is 17.2 Å². The van der Waals surface area contributed by atoms with E-state index in [9.17, 15) is 9.18 Å². The van der Waals surface area contributed by atoms with Crippen LogP contribution in [0.4, 0.5) is 10.2 Å². The number of pyridine rings is 1. The molecule has 0 radical (unpaired) electrons. The van der Waals surface area contributed by atoms with Gasteiger partial charge in [0.05, 0.1) is 23.4 Å².